The second kappa shape index (κ2) is 5.27. The minimum Gasteiger partial charge on any atom is -0.354 e. The summed E-state index contributed by atoms with van der Waals surface area (Å²) in [6, 6.07) is 2.16. The van der Waals surface area contributed by atoms with E-state index in [9.17, 15) is 0 Å². The predicted molar refractivity (Wildman–Crippen MR) is 67.5 cm³/mol. The van der Waals surface area contributed by atoms with E-state index in [4.69, 9.17) is 0 Å². The number of thiazole rings is 1. The zero-order valence-electron chi connectivity index (χ0n) is 9.73. The maximum Gasteiger partial charge on any atom is 0.0798 e. The molecule has 0 saturated carbocycles. The van der Waals surface area contributed by atoms with Gasteiger partial charge in [-0.1, -0.05) is 0 Å². The molecule has 0 aliphatic rings. The summed E-state index contributed by atoms with van der Waals surface area (Å²) in [5, 5.41) is 3.44. The van der Waals surface area contributed by atoms with Crippen molar-refractivity contribution in [3.63, 3.8) is 0 Å². The molecule has 3 nitrogen and oxygen atoms in total. The third-order valence-corrected chi connectivity index (χ3v) is 3.57. The number of nitrogens with one attached hydrogen (secondary N) is 1. The number of nitrogens with zero attached hydrogens (tertiary/aromatic N) is 2. The Morgan fingerprint density at radius 2 is 2.31 bits per heavy atom. The van der Waals surface area contributed by atoms with Gasteiger partial charge >= 0.3 is 0 Å². The predicted octanol–water partition coefficient (Wildman–Crippen LogP) is 2.56. The molecule has 0 aromatic carbocycles. The summed E-state index contributed by atoms with van der Waals surface area (Å²) in [5.41, 5.74) is 4.38. The van der Waals surface area contributed by atoms with Crippen molar-refractivity contribution in [2.24, 2.45) is 0 Å². The quantitative estimate of drug-likeness (QED) is 0.863. The van der Waals surface area contributed by atoms with E-state index in [2.05, 4.69) is 47.2 Å². The summed E-state index contributed by atoms with van der Waals surface area (Å²) in [6.45, 7) is 7.07. The van der Waals surface area contributed by atoms with Crippen molar-refractivity contribution in [2.75, 3.05) is 0 Å². The SMILES string of the molecule is CCn1ccc(CNCc2scnc2C)c1. The van der Waals surface area contributed by atoms with Gasteiger partial charge in [0.25, 0.3) is 0 Å². The highest BCUT2D eigenvalue weighted by Gasteiger charge is 2.01. The third kappa shape index (κ3) is 2.71. The Hall–Kier alpha value is -1.13. The van der Waals surface area contributed by atoms with E-state index in [1.165, 1.54) is 10.4 Å². The third-order valence-electron chi connectivity index (χ3n) is 2.64. The Morgan fingerprint density at radius 1 is 1.44 bits per heavy atom. The van der Waals surface area contributed by atoms with E-state index >= 15 is 0 Å². The second-order valence-corrected chi connectivity index (χ2v) is 4.75. The summed E-state index contributed by atoms with van der Waals surface area (Å²) in [5.74, 6) is 0. The van der Waals surface area contributed by atoms with Gasteiger partial charge < -0.3 is 9.88 Å². The highest BCUT2D eigenvalue weighted by molar-refractivity contribution is 7.09. The maximum atomic E-state index is 4.23. The average Bonchev–Trinajstić information content (AvgIpc) is 2.89. The van der Waals surface area contributed by atoms with Crippen LogP contribution in [-0.2, 0) is 19.6 Å². The number of aromatic nitrogens is 2. The van der Waals surface area contributed by atoms with Crippen molar-refractivity contribution < 1.29 is 0 Å². The number of aryl methyl sites for hydroxylation is 2. The molecule has 2 heterocycles. The monoisotopic (exact) mass is 235 g/mol. The standard InChI is InChI=1S/C12H17N3S/c1-3-15-5-4-11(8-15)6-13-7-12-10(2)14-9-16-12/h4-5,8-9,13H,3,6-7H2,1-2H3. The van der Waals surface area contributed by atoms with Crippen molar-refractivity contribution in [2.45, 2.75) is 33.5 Å². The molecule has 0 amide bonds. The molecule has 0 atom stereocenters. The molecule has 1 N–H and O–H groups in total. The Bertz CT molecular complexity index is 445. The lowest BCUT2D eigenvalue weighted by atomic mass is 10.3. The second-order valence-electron chi connectivity index (χ2n) is 3.81. The Labute approximate surface area is 100 Å². The largest absolute Gasteiger partial charge is 0.354 e. The molecule has 0 radical (unpaired) electrons. The van der Waals surface area contributed by atoms with Crippen molar-refractivity contribution in [1.82, 2.24) is 14.9 Å². The fourth-order valence-corrected chi connectivity index (χ4v) is 2.35. The molecule has 0 saturated heterocycles. The summed E-state index contributed by atoms with van der Waals surface area (Å²) < 4.78 is 2.19. The molecule has 2 rings (SSSR count). The normalized spacial score (nSPS) is 10.9. The fraction of sp³-hybridized carbons (Fsp3) is 0.417. The summed E-state index contributed by atoms with van der Waals surface area (Å²) in [7, 11) is 0. The molecule has 2 aromatic rings. The van der Waals surface area contributed by atoms with Crippen LogP contribution in [0.1, 0.15) is 23.1 Å². The number of hydrogen-bond donors (Lipinski definition) is 1. The fourth-order valence-electron chi connectivity index (χ4n) is 1.61. The first-order valence-electron chi connectivity index (χ1n) is 5.54. The van der Waals surface area contributed by atoms with Crippen molar-refractivity contribution in [3.8, 4) is 0 Å². The first-order valence-corrected chi connectivity index (χ1v) is 6.42. The van der Waals surface area contributed by atoms with Gasteiger partial charge in [0, 0.05) is 36.9 Å². The minimum atomic E-state index is 0.911. The minimum absolute atomic E-state index is 0.911. The van der Waals surface area contributed by atoms with Crippen LogP contribution in [0.15, 0.2) is 24.0 Å². The van der Waals surface area contributed by atoms with E-state index in [1.807, 2.05) is 5.51 Å². The van der Waals surface area contributed by atoms with Crippen LogP contribution in [-0.4, -0.2) is 9.55 Å². The molecular formula is C12H17N3S. The molecule has 0 aliphatic carbocycles. The lowest BCUT2D eigenvalue weighted by Crippen LogP contribution is -2.12. The van der Waals surface area contributed by atoms with Crippen LogP contribution < -0.4 is 5.32 Å². The zero-order chi connectivity index (χ0) is 11.4. The van der Waals surface area contributed by atoms with Gasteiger partial charge in [-0.15, -0.1) is 11.3 Å². The van der Waals surface area contributed by atoms with E-state index in [0.717, 1.165) is 25.3 Å². The van der Waals surface area contributed by atoms with Crippen molar-refractivity contribution >= 4 is 11.3 Å². The molecule has 4 heteroatoms. The molecule has 2 aromatic heterocycles. The van der Waals surface area contributed by atoms with Crippen LogP contribution >= 0.6 is 11.3 Å². The molecule has 0 bridgehead atoms. The van der Waals surface area contributed by atoms with Gasteiger partial charge in [0.05, 0.1) is 11.2 Å². The van der Waals surface area contributed by atoms with Crippen LogP contribution in [0.5, 0.6) is 0 Å². The van der Waals surface area contributed by atoms with Gasteiger partial charge in [-0.3, -0.25) is 0 Å². The molecule has 86 valence electrons. The van der Waals surface area contributed by atoms with Crippen LogP contribution in [0.25, 0.3) is 0 Å². The van der Waals surface area contributed by atoms with E-state index in [-0.39, 0.29) is 0 Å². The Balaban J connectivity index is 1.82. The van der Waals surface area contributed by atoms with Crippen LogP contribution in [0, 0.1) is 6.92 Å². The molecule has 0 spiro atoms. The first kappa shape index (κ1) is 11.4. The van der Waals surface area contributed by atoms with Gasteiger partial charge in [0.15, 0.2) is 0 Å². The lowest BCUT2D eigenvalue weighted by Gasteiger charge is -2.01. The Kier molecular flexibility index (Phi) is 3.74. The molecule has 0 fully saturated rings. The van der Waals surface area contributed by atoms with Crippen molar-refractivity contribution in [3.05, 3.63) is 40.1 Å². The highest BCUT2D eigenvalue weighted by atomic mass is 32.1. The van der Waals surface area contributed by atoms with E-state index in [0.29, 0.717) is 0 Å². The van der Waals surface area contributed by atoms with Crippen LogP contribution in [0.3, 0.4) is 0 Å². The van der Waals surface area contributed by atoms with Gasteiger partial charge in [-0.05, 0) is 25.5 Å². The van der Waals surface area contributed by atoms with Crippen LogP contribution in [0.4, 0.5) is 0 Å². The summed E-state index contributed by atoms with van der Waals surface area (Å²) in [4.78, 5) is 5.56. The summed E-state index contributed by atoms with van der Waals surface area (Å²) >= 11 is 1.72. The molecule has 0 aliphatic heterocycles. The highest BCUT2D eigenvalue weighted by Crippen LogP contribution is 2.11. The van der Waals surface area contributed by atoms with Gasteiger partial charge in [0.1, 0.15) is 0 Å². The topological polar surface area (TPSA) is 29.9 Å². The molecule has 16 heavy (non-hydrogen) atoms. The number of hydrogen-bond acceptors (Lipinski definition) is 3. The van der Waals surface area contributed by atoms with Crippen LogP contribution in [0.2, 0.25) is 0 Å². The smallest absolute Gasteiger partial charge is 0.0798 e. The van der Waals surface area contributed by atoms with Gasteiger partial charge in [0.2, 0.25) is 0 Å². The van der Waals surface area contributed by atoms with Gasteiger partial charge in [-0.2, -0.15) is 0 Å². The Morgan fingerprint density at radius 3 is 2.94 bits per heavy atom. The number of rotatable bonds is 5. The van der Waals surface area contributed by atoms with E-state index in [1.54, 1.807) is 11.3 Å². The molecule has 0 unspecified atom stereocenters. The lowest BCUT2D eigenvalue weighted by molar-refractivity contribution is 0.691. The van der Waals surface area contributed by atoms with Gasteiger partial charge in [-0.25, -0.2) is 4.98 Å². The van der Waals surface area contributed by atoms with E-state index < -0.39 is 0 Å². The maximum absolute atomic E-state index is 4.23. The first-order chi connectivity index (χ1) is 7.79. The average molecular weight is 235 g/mol. The van der Waals surface area contributed by atoms with Crippen molar-refractivity contribution in [1.29, 1.82) is 0 Å². The molecular weight excluding hydrogens is 218 g/mol. The zero-order valence-corrected chi connectivity index (χ0v) is 10.5. The summed E-state index contributed by atoms with van der Waals surface area (Å²) in [6.07, 6.45) is 4.31.